The molecular formula is C26H22N6O2S. The zero-order valence-electron chi connectivity index (χ0n) is 19.0. The molecule has 35 heavy (non-hydrogen) atoms. The first-order chi connectivity index (χ1) is 17.2. The van der Waals surface area contributed by atoms with Crippen molar-refractivity contribution in [1.82, 2.24) is 29.9 Å². The highest BCUT2D eigenvalue weighted by atomic mass is 32.1. The van der Waals surface area contributed by atoms with Gasteiger partial charge in [-0.3, -0.25) is 9.67 Å². The Hall–Kier alpha value is -4.37. The fraction of sp³-hybridized carbons (Fsp3) is 0.115. The van der Waals surface area contributed by atoms with Crippen LogP contribution in [0.2, 0.25) is 0 Å². The van der Waals surface area contributed by atoms with E-state index in [1.54, 1.807) is 4.57 Å². The van der Waals surface area contributed by atoms with Gasteiger partial charge in [0.05, 0.1) is 12.3 Å². The van der Waals surface area contributed by atoms with E-state index in [2.05, 4.69) is 20.4 Å². The van der Waals surface area contributed by atoms with Crippen molar-refractivity contribution in [3.63, 3.8) is 0 Å². The molecule has 0 spiro atoms. The lowest BCUT2D eigenvalue weighted by molar-refractivity contribution is 0.266. The maximum atomic E-state index is 5.92. The predicted octanol–water partition coefficient (Wildman–Crippen LogP) is 5.43. The summed E-state index contributed by atoms with van der Waals surface area (Å²) in [6, 6.07) is 27.4. The third-order valence-electron chi connectivity index (χ3n) is 5.24. The van der Waals surface area contributed by atoms with Gasteiger partial charge in [-0.05, 0) is 43.4 Å². The van der Waals surface area contributed by atoms with E-state index in [9.17, 15) is 0 Å². The van der Waals surface area contributed by atoms with Gasteiger partial charge in [0.1, 0.15) is 17.1 Å². The molecule has 9 heteroatoms. The van der Waals surface area contributed by atoms with E-state index in [0.29, 0.717) is 28.6 Å². The molecule has 0 radical (unpaired) electrons. The van der Waals surface area contributed by atoms with E-state index in [4.69, 9.17) is 26.7 Å². The largest absolute Gasteiger partial charge is 0.494 e. The van der Waals surface area contributed by atoms with Crippen molar-refractivity contribution in [3.05, 3.63) is 95.5 Å². The summed E-state index contributed by atoms with van der Waals surface area (Å²) in [5.41, 5.74) is 4.06. The maximum Gasteiger partial charge on any atom is 0.336 e. The van der Waals surface area contributed by atoms with Crippen LogP contribution >= 0.6 is 12.2 Å². The fourth-order valence-electron chi connectivity index (χ4n) is 3.64. The van der Waals surface area contributed by atoms with Gasteiger partial charge >= 0.3 is 6.01 Å². The second-order valence-corrected chi connectivity index (χ2v) is 7.91. The molecule has 0 aliphatic rings. The zero-order chi connectivity index (χ0) is 24.0. The normalized spacial score (nSPS) is 10.8. The standard InChI is InChI=1S/C26H22N6O2S/c1-2-33-21-15-13-20(14-16-21)32-22(28-31-26(32)35)17-34-25-27-23(18-9-5-3-6-10-18)24(29-30-25)19-11-7-4-8-12-19/h3-16H,2,17H2,1H3,(H,31,35). The molecule has 2 heterocycles. The Morgan fingerprint density at radius 3 is 2.11 bits per heavy atom. The number of aromatic nitrogens is 6. The number of hydrogen-bond donors (Lipinski definition) is 1. The van der Waals surface area contributed by atoms with Crippen molar-refractivity contribution in [2.45, 2.75) is 13.5 Å². The number of aromatic amines is 1. The maximum absolute atomic E-state index is 5.92. The zero-order valence-corrected chi connectivity index (χ0v) is 19.8. The molecule has 0 atom stereocenters. The van der Waals surface area contributed by atoms with Crippen LogP contribution in [0.1, 0.15) is 12.7 Å². The van der Waals surface area contributed by atoms with Crippen molar-refractivity contribution in [3.8, 4) is 40.0 Å². The molecule has 2 aromatic heterocycles. The average Bonchev–Trinajstić information content (AvgIpc) is 3.29. The van der Waals surface area contributed by atoms with Crippen molar-refractivity contribution < 1.29 is 9.47 Å². The lowest BCUT2D eigenvalue weighted by Gasteiger charge is -2.11. The van der Waals surface area contributed by atoms with E-state index < -0.39 is 0 Å². The summed E-state index contributed by atoms with van der Waals surface area (Å²) in [7, 11) is 0. The molecule has 8 nitrogen and oxygen atoms in total. The van der Waals surface area contributed by atoms with Crippen LogP contribution in [0.5, 0.6) is 11.8 Å². The molecule has 5 rings (SSSR count). The quantitative estimate of drug-likeness (QED) is 0.295. The molecule has 0 bridgehead atoms. The smallest absolute Gasteiger partial charge is 0.336 e. The van der Waals surface area contributed by atoms with E-state index in [1.807, 2.05) is 91.9 Å². The minimum atomic E-state index is 0.0982. The van der Waals surface area contributed by atoms with Gasteiger partial charge in [0.2, 0.25) is 0 Å². The van der Waals surface area contributed by atoms with Crippen molar-refractivity contribution in [2.75, 3.05) is 6.61 Å². The summed E-state index contributed by atoms with van der Waals surface area (Å²) in [5, 5.41) is 15.8. The number of hydrogen-bond acceptors (Lipinski definition) is 7. The van der Waals surface area contributed by atoms with Crippen LogP contribution in [0.25, 0.3) is 28.2 Å². The lowest BCUT2D eigenvalue weighted by atomic mass is 10.0. The molecular weight excluding hydrogens is 460 g/mol. The van der Waals surface area contributed by atoms with Gasteiger partial charge in [-0.25, -0.2) is 0 Å². The van der Waals surface area contributed by atoms with Crippen LogP contribution in [0, 0.1) is 4.77 Å². The van der Waals surface area contributed by atoms with E-state index in [-0.39, 0.29) is 12.6 Å². The van der Waals surface area contributed by atoms with Gasteiger partial charge in [0.15, 0.2) is 17.2 Å². The Balaban J connectivity index is 1.44. The van der Waals surface area contributed by atoms with Gasteiger partial charge in [-0.15, -0.1) is 5.10 Å². The average molecular weight is 483 g/mol. The molecule has 3 aromatic carbocycles. The topological polar surface area (TPSA) is 90.7 Å². The molecule has 0 saturated carbocycles. The first kappa shape index (κ1) is 22.4. The first-order valence-electron chi connectivity index (χ1n) is 11.1. The summed E-state index contributed by atoms with van der Waals surface area (Å²) in [5.74, 6) is 1.37. The van der Waals surface area contributed by atoms with Gasteiger partial charge in [-0.2, -0.15) is 10.1 Å². The van der Waals surface area contributed by atoms with Crippen LogP contribution in [-0.4, -0.2) is 36.6 Å². The van der Waals surface area contributed by atoms with Crippen molar-refractivity contribution in [2.24, 2.45) is 0 Å². The first-order valence-corrected chi connectivity index (χ1v) is 11.5. The Labute approximate surface area is 207 Å². The highest BCUT2D eigenvalue weighted by molar-refractivity contribution is 7.71. The molecule has 174 valence electrons. The highest BCUT2D eigenvalue weighted by Crippen LogP contribution is 2.29. The Bertz CT molecular complexity index is 1470. The van der Waals surface area contributed by atoms with Gasteiger partial charge in [0, 0.05) is 11.1 Å². The molecule has 0 fully saturated rings. The van der Waals surface area contributed by atoms with Crippen molar-refractivity contribution in [1.29, 1.82) is 0 Å². The van der Waals surface area contributed by atoms with Crippen LogP contribution in [0.4, 0.5) is 0 Å². The van der Waals surface area contributed by atoms with Crippen LogP contribution in [0.3, 0.4) is 0 Å². The van der Waals surface area contributed by atoms with Gasteiger partial charge in [0.25, 0.3) is 0 Å². The van der Waals surface area contributed by atoms with E-state index in [0.717, 1.165) is 22.6 Å². The number of H-pyrrole nitrogens is 1. The summed E-state index contributed by atoms with van der Waals surface area (Å²) < 4.78 is 13.7. The minimum absolute atomic E-state index is 0.0982. The van der Waals surface area contributed by atoms with Crippen LogP contribution in [0.15, 0.2) is 84.9 Å². The van der Waals surface area contributed by atoms with Gasteiger partial charge < -0.3 is 9.47 Å². The third kappa shape index (κ3) is 4.95. The molecule has 1 N–H and O–H groups in total. The van der Waals surface area contributed by atoms with Crippen molar-refractivity contribution >= 4 is 12.2 Å². The molecule has 0 aliphatic carbocycles. The minimum Gasteiger partial charge on any atom is -0.494 e. The van der Waals surface area contributed by atoms with Crippen LogP contribution in [-0.2, 0) is 6.61 Å². The predicted molar refractivity (Wildman–Crippen MR) is 135 cm³/mol. The fourth-order valence-corrected chi connectivity index (χ4v) is 3.90. The highest BCUT2D eigenvalue weighted by Gasteiger charge is 2.16. The second kappa shape index (κ2) is 10.3. The summed E-state index contributed by atoms with van der Waals surface area (Å²) in [6.45, 7) is 2.65. The molecule has 5 aromatic rings. The summed E-state index contributed by atoms with van der Waals surface area (Å²) in [4.78, 5) is 4.69. The molecule has 0 amide bonds. The third-order valence-corrected chi connectivity index (χ3v) is 5.51. The van der Waals surface area contributed by atoms with Crippen LogP contribution < -0.4 is 9.47 Å². The molecule has 0 aliphatic heterocycles. The Morgan fingerprint density at radius 1 is 0.800 bits per heavy atom. The summed E-state index contributed by atoms with van der Waals surface area (Å²) >= 11 is 5.44. The number of nitrogens with zero attached hydrogens (tertiary/aromatic N) is 5. The number of ether oxygens (including phenoxy) is 2. The SMILES string of the molecule is CCOc1ccc(-n2c(COc3nnc(-c4ccccc4)c(-c4ccccc4)n3)n[nH]c2=S)cc1. The number of nitrogens with one attached hydrogen (secondary N) is 1. The number of rotatable bonds is 8. The number of benzene rings is 3. The van der Waals surface area contributed by atoms with E-state index in [1.165, 1.54) is 0 Å². The molecule has 0 saturated heterocycles. The summed E-state index contributed by atoms with van der Waals surface area (Å²) in [6.07, 6.45) is 0. The Kier molecular flexibility index (Phi) is 6.58. The second-order valence-electron chi connectivity index (χ2n) is 7.52. The lowest BCUT2D eigenvalue weighted by Crippen LogP contribution is -2.08. The Morgan fingerprint density at radius 2 is 1.46 bits per heavy atom. The van der Waals surface area contributed by atoms with Gasteiger partial charge in [-0.1, -0.05) is 65.8 Å². The molecule has 0 unspecified atom stereocenters. The van der Waals surface area contributed by atoms with E-state index >= 15 is 0 Å². The monoisotopic (exact) mass is 482 g/mol.